The third kappa shape index (κ3) is 4.63. The van der Waals surface area contributed by atoms with E-state index in [-0.39, 0.29) is 11.5 Å². The number of likely N-dealkylation sites (tertiary alicyclic amines) is 1. The van der Waals surface area contributed by atoms with Crippen LogP contribution < -0.4 is 5.32 Å². The van der Waals surface area contributed by atoms with Crippen molar-refractivity contribution in [2.45, 2.75) is 12.1 Å². The number of nitrogens with one attached hydrogen (secondary N) is 2. The minimum Gasteiger partial charge on any atom is -0.340 e. The fourth-order valence-corrected chi connectivity index (χ4v) is 4.61. The van der Waals surface area contributed by atoms with E-state index >= 15 is 0 Å². The number of alkyl halides is 5. The van der Waals surface area contributed by atoms with Crippen molar-refractivity contribution in [3.8, 4) is 22.5 Å². The monoisotopic (exact) mass is 553 g/mol. The molecule has 0 radical (unpaired) electrons. The van der Waals surface area contributed by atoms with Crippen LogP contribution in [0, 0.1) is 0 Å². The summed E-state index contributed by atoms with van der Waals surface area (Å²) >= 11 is 0. The van der Waals surface area contributed by atoms with Gasteiger partial charge in [-0.3, -0.25) is 9.89 Å². The number of hydrogen-bond donors (Lipinski definition) is 2. The molecule has 40 heavy (non-hydrogen) atoms. The first kappa shape index (κ1) is 25.5. The number of nitrogens with zero attached hydrogens (tertiary/aromatic N) is 5. The van der Waals surface area contributed by atoms with Gasteiger partial charge in [0.15, 0.2) is 5.82 Å². The normalized spacial score (nSPS) is 14.8. The summed E-state index contributed by atoms with van der Waals surface area (Å²) in [6.07, 6.45) is -0.652. The molecule has 1 fully saturated rings. The number of hydrogen-bond acceptors (Lipinski definition) is 5. The van der Waals surface area contributed by atoms with Gasteiger partial charge in [0.1, 0.15) is 17.1 Å². The first-order valence-corrected chi connectivity index (χ1v) is 12.1. The van der Waals surface area contributed by atoms with E-state index in [1.54, 1.807) is 72.5 Å². The quantitative estimate of drug-likeness (QED) is 0.265. The number of carbonyl (C=O) groups is 1. The van der Waals surface area contributed by atoms with Crippen molar-refractivity contribution >= 4 is 28.3 Å². The van der Waals surface area contributed by atoms with Crippen LogP contribution in [-0.4, -0.2) is 54.6 Å². The molecule has 8 nitrogen and oxygen atoms in total. The lowest BCUT2D eigenvalue weighted by Gasteiger charge is -2.38. The zero-order valence-corrected chi connectivity index (χ0v) is 20.8. The molecule has 13 heteroatoms. The number of aryl methyl sites for hydroxylation is 1. The van der Waals surface area contributed by atoms with Gasteiger partial charge in [0, 0.05) is 47.2 Å². The first-order chi connectivity index (χ1) is 19.0. The van der Waals surface area contributed by atoms with Gasteiger partial charge in [0.2, 0.25) is 0 Å². The lowest BCUT2D eigenvalue weighted by molar-refractivity contribution is -0.137. The minimum absolute atomic E-state index is 0.0314. The second-order valence-corrected chi connectivity index (χ2v) is 9.52. The molecule has 0 atom stereocenters. The van der Waals surface area contributed by atoms with Gasteiger partial charge in [-0.25, -0.2) is 18.7 Å². The molecule has 1 amide bonds. The molecular weight excluding hydrogens is 533 g/mol. The molecule has 4 heterocycles. The zero-order valence-electron chi connectivity index (χ0n) is 20.8. The van der Waals surface area contributed by atoms with E-state index in [0.29, 0.717) is 22.2 Å². The molecule has 1 aliphatic heterocycles. The van der Waals surface area contributed by atoms with Gasteiger partial charge in [-0.15, -0.1) is 0 Å². The van der Waals surface area contributed by atoms with Gasteiger partial charge in [0.25, 0.3) is 11.8 Å². The molecule has 0 unspecified atom stereocenters. The van der Waals surface area contributed by atoms with Crippen LogP contribution in [0.5, 0.6) is 0 Å². The molecule has 3 aromatic heterocycles. The minimum atomic E-state index is -4.71. The average Bonchev–Trinajstić information content (AvgIpc) is 3.55. The van der Waals surface area contributed by atoms with Crippen LogP contribution in [0.2, 0.25) is 0 Å². The van der Waals surface area contributed by atoms with Crippen molar-refractivity contribution in [3.05, 3.63) is 78.4 Å². The third-order valence-corrected chi connectivity index (χ3v) is 6.73. The number of carbonyl (C=O) groups excluding carboxylic acids is 1. The number of halogens is 5. The highest BCUT2D eigenvalue weighted by molar-refractivity contribution is 6.00. The SMILES string of the molecule is Cn1c(C(=O)N2CC(F)(F)C2)cc2ccc(-c3ncc(C(F)(F)F)c(Nc4ccc(-c5cn[nH]c5)cc4)n3)cc21. The number of aromatic nitrogens is 5. The van der Waals surface area contributed by atoms with Crippen molar-refractivity contribution in [2.24, 2.45) is 7.05 Å². The third-order valence-electron chi connectivity index (χ3n) is 6.73. The molecule has 0 bridgehead atoms. The second kappa shape index (κ2) is 9.14. The van der Waals surface area contributed by atoms with Gasteiger partial charge >= 0.3 is 6.18 Å². The number of aromatic amines is 1. The van der Waals surface area contributed by atoms with Crippen LogP contribution in [0.25, 0.3) is 33.4 Å². The molecule has 2 N–H and O–H groups in total. The van der Waals surface area contributed by atoms with E-state index in [9.17, 15) is 26.7 Å². The van der Waals surface area contributed by atoms with E-state index in [2.05, 4.69) is 25.5 Å². The number of H-pyrrole nitrogens is 1. The Hall–Kier alpha value is -4.81. The summed E-state index contributed by atoms with van der Waals surface area (Å²) in [5, 5.41) is 10.0. The Morgan fingerprint density at radius 3 is 2.38 bits per heavy atom. The standard InChI is InChI=1S/C27H20F5N7O/c1-38-21-9-17(3-2-16(21)8-22(38)25(40)39-13-26(28,29)14-39)23-33-12-20(27(30,31)32)24(37-23)36-19-6-4-15(5-7-19)18-10-34-35-11-18/h2-12H,13-14H2,1H3,(H,34,35)(H,33,36,37). The van der Waals surface area contributed by atoms with Gasteiger partial charge < -0.3 is 14.8 Å². The van der Waals surface area contributed by atoms with Crippen molar-refractivity contribution in [1.82, 2.24) is 29.6 Å². The van der Waals surface area contributed by atoms with Crippen molar-refractivity contribution in [2.75, 3.05) is 18.4 Å². The topological polar surface area (TPSA) is 91.7 Å². The molecule has 0 aliphatic carbocycles. The zero-order chi connectivity index (χ0) is 28.2. The highest BCUT2D eigenvalue weighted by Crippen LogP contribution is 2.36. The van der Waals surface area contributed by atoms with E-state index in [1.165, 1.54) is 0 Å². The number of amides is 1. The van der Waals surface area contributed by atoms with Gasteiger partial charge in [-0.1, -0.05) is 24.3 Å². The smallest absolute Gasteiger partial charge is 0.340 e. The number of fused-ring (bicyclic) bond motifs is 1. The fraction of sp³-hybridized carbons (Fsp3) is 0.185. The summed E-state index contributed by atoms with van der Waals surface area (Å²) in [4.78, 5) is 21.9. The van der Waals surface area contributed by atoms with Crippen molar-refractivity contribution < 1.29 is 26.7 Å². The fourth-order valence-electron chi connectivity index (χ4n) is 4.61. The first-order valence-electron chi connectivity index (χ1n) is 12.1. The summed E-state index contributed by atoms with van der Waals surface area (Å²) < 4.78 is 69.5. The Labute approximate surface area is 223 Å². The Balaban J connectivity index is 1.32. The molecular formula is C27H20F5N7O. The van der Waals surface area contributed by atoms with E-state index < -0.39 is 42.5 Å². The largest absolute Gasteiger partial charge is 0.421 e. The maximum atomic E-state index is 13.8. The number of rotatable bonds is 5. The van der Waals surface area contributed by atoms with Crippen LogP contribution in [-0.2, 0) is 13.2 Å². The van der Waals surface area contributed by atoms with Crippen LogP contribution in [0.15, 0.2) is 67.1 Å². The maximum Gasteiger partial charge on any atom is 0.421 e. The molecule has 0 saturated carbocycles. The van der Waals surface area contributed by atoms with Gasteiger partial charge in [-0.2, -0.15) is 18.3 Å². The Morgan fingerprint density at radius 1 is 1.00 bits per heavy atom. The predicted octanol–water partition coefficient (Wildman–Crippen LogP) is 5.88. The average molecular weight is 553 g/mol. The summed E-state index contributed by atoms with van der Waals surface area (Å²) in [5.41, 5.74) is 2.22. The van der Waals surface area contributed by atoms with Crippen molar-refractivity contribution in [3.63, 3.8) is 0 Å². The van der Waals surface area contributed by atoms with Gasteiger partial charge in [-0.05, 0) is 29.8 Å². The van der Waals surface area contributed by atoms with E-state index in [4.69, 9.17) is 0 Å². The lowest BCUT2D eigenvalue weighted by atomic mass is 10.1. The highest BCUT2D eigenvalue weighted by atomic mass is 19.4. The molecule has 204 valence electrons. The van der Waals surface area contributed by atoms with E-state index in [1.807, 2.05) is 0 Å². The van der Waals surface area contributed by atoms with Crippen LogP contribution in [0.3, 0.4) is 0 Å². The van der Waals surface area contributed by atoms with Crippen molar-refractivity contribution in [1.29, 1.82) is 0 Å². The maximum absolute atomic E-state index is 13.8. The number of benzene rings is 2. The van der Waals surface area contributed by atoms with Crippen LogP contribution in [0.4, 0.5) is 33.5 Å². The van der Waals surface area contributed by atoms with Gasteiger partial charge in [0.05, 0.1) is 19.3 Å². The molecule has 6 rings (SSSR count). The molecule has 5 aromatic rings. The molecule has 2 aromatic carbocycles. The highest BCUT2D eigenvalue weighted by Gasteiger charge is 2.47. The van der Waals surface area contributed by atoms with Crippen LogP contribution in [0.1, 0.15) is 16.1 Å². The molecule has 0 spiro atoms. The summed E-state index contributed by atoms with van der Waals surface area (Å²) in [6, 6.07) is 13.3. The summed E-state index contributed by atoms with van der Waals surface area (Å²) in [5.74, 6) is -3.80. The van der Waals surface area contributed by atoms with Crippen LogP contribution >= 0.6 is 0 Å². The lowest BCUT2D eigenvalue weighted by Crippen LogP contribution is -2.58. The Morgan fingerprint density at radius 2 is 1.73 bits per heavy atom. The molecule has 1 aliphatic rings. The number of anilines is 2. The summed E-state index contributed by atoms with van der Waals surface area (Å²) in [6.45, 7) is -1.28. The Bertz CT molecular complexity index is 1720. The second-order valence-electron chi connectivity index (χ2n) is 9.52. The predicted molar refractivity (Wildman–Crippen MR) is 137 cm³/mol. The summed E-state index contributed by atoms with van der Waals surface area (Å²) in [7, 11) is 1.62. The van der Waals surface area contributed by atoms with E-state index in [0.717, 1.165) is 22.2 Å². The molecule has 1 saturated heterocycles. The Kier molecular flexibility index (Phi) is 5.82.